The largest absolute Gasteiger partial charge is 0.493 e. The number of carbonyl (C=O) groups excluding carboxylic acids is 1. The molecule has 1 heterocycles. The van der Waals surface area contributed by atoms with Crippen molar-refractivity contribution in [3.05, 3.63) is 82.1 Å². The number of ether oxygens (including phenoxy) is 3. The minimum absolute atomic E-state index is 0.00333. The Morgan fingerprint density at radius 2 is 2.07 bits per heavy atom. The number of nitro benzene ring substituents is 1. The molecule has 0 radical (unpaired) electrons. The second-order valence-electron chi connectivity index (χ2n) is 5.62. The number of aliphatic imine (C=N–C) groups is 1. The number of hydrogen-bond donors (Lipinski definition) is 0. The van der Waals surface area contributed by atoms with Crippen molar-refractivity contribution in [3.63, 3.8) is 0 Å². The Kier molecular flexibility index (Phi) is 5.50. The van der Waals surface area contributed by atoms with Crippen LogP contribution in [0.1, 0.15) is 11.1 Å². The molecule has 0 atom stereocenters. The maximum atomic E-state index is 12.2. The second kappa shape index (κ2) is 8.17. The highest BCUT2D eigenvalue weighted by atomic mass is 16.6. The molecule has 0 aromatic heterocycles. The first kappa shape index (κ1) is 18.8. The summed E-state index contributed by atoms with van der Waals surface area (Å²) in [5, 5.41) is 10.9. The summed E-state index contributed by atoms with van der Waals surface area (Å²) in [6.07, 6.45) is 3.10. The summed E-state index contributed by atoms with van der Waals surface area (Å²) in [5.41, 5.74) is 0.816. The molecule has 2 aromatic carbocycles. The summed E-state index contributed by atoms with van der Waals surface area (Å²) in [4.78, 5) is 26.8. The molecule has 2 aromatic rings. The molecular formula is C20H16N2O6. The molecule has 1 aliphatic heterocycles. The van der Waals surface area contributed by atoms with Gasteiger partial charge in [-0.25, -0.2) is 9.79 Å². The Labute approximate surface area is 160 Å². The van der Waals surface area contributed by atoms with Crippen LogP contribution < -0.4 is 9.47 Å². The highest BCUT2D eigenvalue weighted by Crippen LogP contribution is 2.33. The summed E-state index contributed by atoms with van der Waals surface area (Å²) in [5.74, 6) is 0.255. The smallest absolute Gasteiger partial charge is 0.363 e. The van der Waals surface area contributed by atoms with E-state index in [0.29, 0.717) is 22.6 Å². The monoisotopic (exact) mass is 380 g/mol. The quantitative estimate of drug-likeness (QED) is 0.240. The average Bonchev–Trinajstić information content (AvgIpc) is 3.07. The van der Waals surface area contributed by atoms with Crippen LogP contribution in [0.15, 0.2) is 65.8 Å². The van der Waals surface area contributed by atoms with Crippen molar-refractivity contribution in [3.8, 4) is 11.5 Å². The van der Waals surface area contributed by atoms with Crippen molar-refractivity contribution in [1.29, 1.82) is 0 Å². The number of nitrogens with zero attached hydrogens (tertiary/aromatic N) is 2. The molecule has 142 valence electrons. The van der Waals surface area contributed by atoms with E-state index in [1.165, 1.54) is 31.4 Å². The zero-order chi connectivity index (χ0) is 20.1. The van der Waals surface area contributed by atoms with Gasteiger partial charge in [0.15, 0.2) is 17.2 Å². The average molecular weight is 380 g/mol. The fraction of sp³-hybridized carbons (Fsp3) is 0.100. The van der Waals surface area contributed by atoms with Crippen LogP contribution in [-0.4, -0.2) is 30.5 Å². The van der Waals surface area contributed by atoms with Gasteiger partial charge < -0.3 is 14.2 Å². The van der Waals surface area contributed by atoms with E-state index >= 15 is 0 Å². The maximum absolute atomic E-state index is 12.2. The Morgan fingerprint density at radius 1 is 1.29 bits per heavy atom. The fourth-order valence-corrected chi connectivity index (χ4v) is 2.54. The zero-order valence-electron chi connectivity index (χ0n) is 15.0. The first-order valence-electron chi connectivity index (χ1n) is 8.21. The van der Waals surface area contributed by atoms with E-state index in [4.69, 9.17) is 14.2 Å². The van der Waals surface area contributed by atoms with Crippen molar-refractivity contribution >= 4 is 23.6 Å². The lowest BCUT2D eigenvalue weighted by Crippen LogP contribution is -2.05. The summed E-state index contributed by atoms with van der Waals surface area (Å²) >= 11 is 0. The molecule has 0 aliphatic carbocycles. The maximum Gasteiger partial charge on any atom is 0.363 e. The van der Waals surface area contributed by atoms with Crippen LogP contribution in [0.4, 0.5) is 5.69 Å². The van der Waals surface area contributed by atoms with Crippen LogP contribution in [0.5, 0.6) is 11.5 Å². The topological polar surface area (TPSA) is 100 Å². The molecule has 0 saturated heterocycles. The number of carbonyl (C=O) groups is 1. The van der Waals surface area contributed by atoms with Gasteiger partial charge in [0, 0.05) is 23.3 Å². The Hall–Kier alpha value is -3.94. The summed E-state index contributed by atoms with van der Waals surface area (Å²) in [7, 11) is 1.51. The first-order chi connectivity index (χ1) is 13.5. The second-order valence-corrected chi connectivity index (χ2v) is 5.62. The van der Waals surface area contributed by atoms with Crippen LogP contribution in [0.25, 0.3) is 6.08 Å². The summed E-state index contributed by atoms with van der Waals surface area (Å²) < 4.78 is 16.1. The molecule has 0 fully saturated rings. The van der Waals surface area contributed by atoms with E-state index in [1.807, 2.05) is 0 Å². The van der Waals surface area contributed by atoms with E-state index in [9.17, 15) is 14.9 Å². The molecular weight excluding hydrogens is 364 g/mol. The molecule has 0 amide bonds. The summed E-state index contributed by atoms with van der Waals surface area (Å²) in [6.45, 7) is 3.87. The van der Waals surface area contributed by atoms with Gasteiger partial charge >= 0.3 is 5.97 Å². The minimum Gasteiger partial charge on any atom is -0.493 e. The number of methoxy groups -OCH3 is 1. The van der Waals surface area contributed by atoms with E-state index in [1.54, 1.807) is 30.3 Å². The number of rotatable bonds is 7. The molecule has 8 nitrogen and oxygen atoms in total. The van der Waals surface area contributed by atoms with Gasteiger partial charge in [0.05, 0.1) is 12.0 Å². The van der Waals surface area contributed by atoms with Crippen LogP contribution in [0, 0.1) is 10.1 Å². The lowest BCUT2D eigenvalue weighted by atomic mass is 10.1. The van der Waals surface area contributed by atoms with Gasteiger partial charge in [0.2, 0.25) is 5.90 Å². The molecule has 8 heteroatoms. The normalized spacial score (nSPS) is 14.4. The minimum atomic E-state index is -0.668. The fourth-order valence-electron chi connectivity index (χ4n) is 2.54. The van der Waals surface area contributed by atoms with Gasteiger partial charge in [0.1, 0.15) is 6.61 Å². The van der Waals surface area contributed by atoms with Crippen molar-refractivity contribution in [2.45, 2.75) is 0 Å². The Morgan fingerprint density at radius 3 is 2.79 bits per heavy atom. The van der Waals surface area contributed by atoms with Crippen molar-refractivity contribution < 1.29 is 23.9 Å². The van der Waals surface area contributed by atoms with E-state index in [2.05, 4.69) is 11.6 Å². The molecule has 0 saturated carbocycles. The number of benzene rings is 2. The SMILES string of the molecule is C=CCOc1c(/C=C2\N=C(c3cccc([N+](=O)[O-])c3)OC2=O)cccc1OC. The van der Waals surface area contributed by atoms with Crippen LogP contribution >= 0.6 is 0 Å². The van der Waals surface area contributed by atoms with Crippen molar-refractivity contribution in [2.75, 3.05) is 13.7 Å². The Balaban J connectivity index is 1.99. The molecule has 28 heavy (non-hydrogen) atoms. The van der Waals surface area contributed by atoms with E-state index < -0.39 is 10.9 Å². The number of cyclic esters (lactones) is 1. The molecule has 0 unspecified atom stereocenters. The third-order valence-corrected chi connectivity index (χ3v) is 3.79. The number of nitro groups is 1. The number of para-hydroxylation sites is 1. The summed E-state index contributed by atoms with van der Waals surface area (Å²) in [6, 6.07) is 10.9. The third-order valence-electron chi connectivity index (χ3n) is 3.79. The number of hydrogen-bond acceptors (Lipinski definition) is 7. The van der Waals surface area contributed by atoms with Gasteiger partial charge in [-0.1, -0.05) is 30.9 Å². The standard InChI is InChI=1S/C20H16N2O6/c1-3-10-27-18-13(6-5-9-17(18)26-2)12-16-20(23)28-19(21-16)14-7-4-8-15(11-14)22(24)25/h3-9,11-12H,1,10H2,2H3/b16-12-. The van der Waals surface area contributed by atoms with Gasteiger partial charge in [-0.3, -0.25) is 10.1 Å². The number of non-ortho nitro benzene ring substituents is 1. The number of esters is 1. The van der Waals surface area contributed by atoms with Crippen molar-refractivity contribution in [1.82, 2.24) is 0 Å². The van der Waals surface area contributed by atoms with Gasteiger partial charge in [0.25, 0.3) is 5.69 Å². The predicted molar refractivity (Wildman–Crippen MR) is 102 cm³/mol. The molecule has 1 aliphatic rings. The van der Waals surface area contributed by atoms with Crippen LogP contribution in [0.3, 0.4) is 0 Å². The Bertz CT molecular complexity index is 1010. The van der Waals surface area contributed by atoms with Crippen LogP contribution in [-0.2, 0) is 9.53 Å². The zero-order valence-corrected chi connectivity index (χ0v) is 15.0. The van der Waals surface area contributed by atoms with Gasteiger partial charge in [-0.2, -0.15) is 0 Å². The molecule has 0 spiro atoms. The predicted octanol–water partition coefficient (Wildman–Crippen LogP) is 3.51. The van der Waals surface area contributed by atoms with Crippen LogP contribution in [0.2, 0.25) is 0 Å². The molecule has 0 N–H and O–H groups in total. The lowest BCUT2D eigenvalue weighted by Gasteiger charge is -2.12. The first-order valence-corrected chi connectivity index (χ1v) is 8.21. The van der Waals surface area contributed by atoms with Gasteiger partial charge in [-0.15, -0.1) is 0 Å². The molecule has 0 bridgehead atoms. The third kappa shape index (κ3) is 3.90. The van der Waals surface area contributed by atoms with Gasteiger partial charge in [-0.05, 0) is 18.2 Å². The lowest BCUT2D eigenvalue weighted by molar-refractivity contribution is -0.384. The highest BCUT2D eigenvalue weighted by molar-refractivity contribution is 6.13. The molecule has 3 rings (SSSR count). The van der Waals surface area contributed by atoms with E-state index in [0.717, 1.165) is 0 Å². The van der Waals surface area contributed by atoms with E-state index in [-0.39, 0.29) is 23.9 Å². The highest BCUT2D eigenvalue weighted by Gasteiger charge is 2.26. The van der Waals surface area contributed by atoms with Crippen molar-refractivity contribution in [2.24, 2.45) is 4.99 Å².